The standard InChI is InChI=1S/C18H26N4O2.HI/c1-19-18(22(3)13-15-6-5-11-21(15)2)20-10-9-14-7-8-16(24-4)12-17(14)23;/h5-8,11-12,23H,9-10,13H2,1-4H3,(H,19,20);1H. The number of phenols is 1. The lowest BCUT2D eigenvalue weighted by Crippen LogP contribution is -2.39. The predicted octanol–water partition coefficient (Wildman–Crippen LogP) is 2.61. The number of nitrogens with zero attached hydrogens (tertiary/aromatic N) is 3. The zero-order valence-corrected chi connectivity index (χ0v) is 17.5. The van der Waals surface area contributed by atoms with Crippen LogP contribution in [0.15, 0.2) is 41.5 Å². The van der Waals surface area contributed by atoms with Crippen molar-refractivity contribution in [1.82, 2.24) is 14.8 Å². The van der Waals surface area contributed by atoms with E-state index in [2.05, 4.69) is 25.8 Å². The Morgan fingerprint density at radius 3 is 2.68 bits per heavy atom. The molecule has 1 aromatic carbocycles. The van der Waals surface area contributed by atoms with Crippen LogP contribution < -0.4 is 10.1 Å². The van der Waals surface area contributed by atoms with Crippen LogP contribution in [0.25, 0.3) is 0 Å². The lowest BCUT2D eigenvalue weighted by atomic mass is 10.1. The Morgan fingerprint density at radius 1 is 1.36 bits per heavy atom. The number of methoxy groups -OCH3 is 1. The van der Waals surface area contributed by atoms with Gasteiger partial charge in [-0.3, -0.25) is 4.99 Å². The molecule has 0 radical (unpaired) electrons. The number of rotatable bonds is 6. The lowest BCUT2D eigenvalue weighted by Gasteiger charge is -2.22. The highest BCUT2D eigenvalue weighted by Crippen LogP contribution is 2.23. The Labute approximate surface area is 166 Å². The molecule has 0 spiro atoms. The first-order valence-electron chi connectivity index (χ1n) is 7.93. The quantitative estimate of drug-likeness (QED) is 0.397. The number of hydrogen-bond acceptors (Lipinski definition) is 3. The van der Waals surface area contributed by atoms with Gasteiger partial charge in [0, 0.05) is 45.6 Å². The zero-order valence-electron chi connectivity index (χ0n) is 15.2. The molecule has 0 fully saturated rings. The summed E-state index contributed by atoms with van der Waals surface area (Å²) in [7, 11) is 7.40. The summed E-state index contributed by atoms with van der Waals surface area (Å²) in [5, 5.41) is 13.3. The van der Waals surface area contributed by atoms with Crippen molar-refractivity contribution < 1.29 is 9.84 Å². The summed E-state index contributed by atoms with van der Waals surface area (Å²) in [6, 6.07) is 9.49. The van der Waals surface area contributed by atoms with E-state index in [4.69, 9.17) is 4.74 Å². The highest BCUT2D eigenvalue weighted by atomic mass is 127. The van der Waals surface area contributed by atoms with Crippen molar-refractivity contribution in [3.63, 3.8) is 0 Å². The van der Waals surface area contributed by atoms with E-state index in [1.54, 1.807) is 20.2 Å². The van der Waals surface area contributed by atoms with Crippen molar-refractivity contribution in [2.24, 2.45) is 12.0 Å². The Kier molecular flexibility index (Phi) is 8.60. The normalized spacial score (nSPS) is 11.0. The fraction of sp³-hybridized carbons (Fsp3) is 0.389. The predicted molar refractivity (Wildman–Crippen MR) is 112 cm³/mol. The largest absolute Gasteiger partial charge is 0.508 e. The van der Waals surface area contributed by atoms with Crippen LogP contribution in [0.4, 0.5) is 0 Å². The fourth-order valence-corrected chi connectivity index (χ4v) is 2.55. The minimum absolute atomic E-state index is 0. The van der Waals surface area contributed by atoms with Crippen LogP contribution in [-0.4, -0.2) is 48.3 Å². The van der Waals surface area contributed by atoms with Crippen molar-refractivity contribution in [2.45, 2.75) is 13.0 Å². The molecule has 1 aromatic heterocycles. The highest BCUT2D eigenvalue weighted by Gasteiger charge is 2.09. The van der Waals surface area contributed by atoms with Gasteiger partial charge in [-0.2, -0.15) is 0 Å². The van der Waals surface area contributed by atoms with Crippen LogP contribution in [0.1, 0.15) is 11.3 Å². The molecular formula is C18H27IN4O2. The van der Waals surface area contributed by atoms with Crippen molar-refractivity contribution >= 4 is 29.9 Å². The number of nitrogens with one attached hydrogen (secondary N) is 1. The molecule has 0 unspecified atom stereocenters. The maximum Gasteiger partial charge on any atom is 0.193 e. The zero-order chi connectivity index (χ0) is 17.5. The number of hydrogen-bond donors (Lipinski definition) is 2. The number of guanidine groups is 1. The first-order chi connectivity index (χ1) is 11.5. The molecule has 25 heavy (non-hydrogen) atoms. The molecule has 0 aliphatic carbocycles. The monoisotopic (exact) mass is 458 g/mol. The van der Waals surface area contributed by atoms with E-state index < -0.39 is 0 Å². The molecule has 2 aromatic rings. The SMILES string of the molecule is CN=C(NCCc1ccc(OC)cc1O)N(C)Cc1cccn1C.I. The summed E-state index contributed by atoms with van der Waals surface area (Å²) in [4.78, 5) is 6.39. The molecule has 7 heteroatoms. The van der Waals surface area contributed by atoms with Crippen molar-refractivity contribution in [2.75, 3.05) is 27.7 Å². The van der Waals surface area contributed by atoms with Gasteiger partial charge in [0.25, 0.3) is 0 Å². The van der Waals surface area contributed by atoms with Crippen LogP contribution in [0, 0.1) is 0 Å². The van der Waals surface area contributed by atoms with Gasteiger partial charge in [0.1, 0.15) is 11.5 Å². The molecule has 2 rings (SSSR count). The number of phenolic OH excluding ortho intramolecular Hbond substituents is 1. The third-order valence-electron chi connectivity index (χ3n) is 3.99. The summed E-state index contributed by atoms with van der Waals surface area (Å²) in [5.74, 6) is 1.73. The molecule has 0 amide bonds. The van der Waals surface area contributed by atoms with Crippen LogP contribution in [0.2, 0.25) is 0 Å². The number of aromatic nitrogens is 1. The van der Waals surface area contributed by atoms with Crippen LogP contribution in [-0.2, 0) is 20.0 Å². The smallest absolute Gasteiger partial charge is 0.193 e. The van der Waals surface area contributed by atoms with E-state index in [1.165, 1.54) is 5.69 Å². The fourth-order valence-electron chi connectivity index (χ4n) is 2.55. The van der Waals surface area contributed by atoms with E-state index in [0.29, 0.717) is 18.7 Å². The Bertz CT molecular complexity index is 700. The van der Waals surface area contributed by atoms with Gasteiger partial charge < -0.3 is 24.6 Å². The second kappa shape index (κ2) is 10.2. The molecule has 138 valence electrons. The minimum atomic E-state index is 0. The van der Waals surface area contributed by atoms with Gasteiger partial charge in [-0.05, 0) is 30.2 Å². The molecule has 0 aliphatic heterocycles. The maximum atomic E-state index is 10.0. The molecular weight excluding hydrogens is 431 g/mol. The number of halogens is 1. The lowest BCUT2D eigenvalue weighted by molar-refractivity contribution is 0.406. The summed E-state index contributed by atoms with van der Waals surface area (Å²) < 4.78 is 7.19. The van der Waals surface area contributed by atoms with Crippen molar-refractivity contribution in [3.8, 4) is 11.5 Å². The van der Waals surface area contributed by atoms with E-state index in [1.807, 2.05) is 38.5 Å². The summed E-state index contributed by atoms with van der Waals surface area (Å²) in [5.41, 5.74) is 2.09. The summed E-state index contributed by atoms with van der Waals surface area (Å²) >= 11 is 0. The second-order valence-corrected chi connectivity index (χ2v) is 5.69. The molecule has 0 bridgehead atoms. The van der Waals surface area contributed by atoms with Gasteiger partial charge >= 0.3 is 0 Å². The third-order valence-corrected chi connectivity index (χ3v) is 3.99. The van der Waals surface area contributed by atoms with E-state index in [9.17, 15) is 5.11 Å². The molecule has 6 nitrogen and oxygen atoms in total. The Morgan fingerprint density at radius 2 is 2.12 bits per heavy atom. The second-order valence-electron chi connectivity index (χ2n) is 5.69. The summed E-state index contributed by atoms with van der Waals surface area (Å²) in [6.07, 6.45) is 2.73. The molecule has 0 saturated heterocycles. The first kappa shape index (κ1) is 21.1. The number of aliphatic imine (C=N–C) groups is 1. The molecule has 1 heterocycles. The van der Waals surface area contributed by atoms with Gasteiger partial charge in [0.2, 0.25) is 0 Å². The van der Waals surface area contributed by atoms with E-state index in [0.717, 1.165) is 18.1 Å². The topological polar surface area (TPSA) is 62.0 Å². The average molecular weight is 458 g/mol. The molecule has 0 atom stereocenters. The van der Waals surface area contributed by atoms with Gasteiger partial charge in [-0.15, -0.1) is 24.0 Å². The first-order valence-corrected chi connectivity index (χ1v) is 7.93. The maximum absolute atomic E-state index is 10.0. The molecule has 0 aliphatic rings. The third kappa shape index (κ3) is 5.84. The number of aromatic hydroxyl groups is 1. The molecule has 2 N–H and O–H groups in total. The van der Waals surface area contributed by atoms with Crippen molar-refractivity contribution in [3.05, 3.63) is 47.8 Å². The number of aryl methyl sites for hydroxylation is 1. The molecule has 0 saturated carbocycles. The van der Waals surface area contributed by atoms with Crippen LogP contribution >= 0.6 is 24.0 Å². The summed E-state index contributed by atoms with van der Waals surface area (Å²) in [6.45, 7) is 1.46. The number of ether oxygens (including phenoxy) is 1. The van der Waals surface area contributed by atoms with E-state index in [-0.39, 0.29) is 29.7 Å². The van der Waals surface area contributed by atoms with Crippen molar-refractivity contribution in [1.29, 1.82) is 0 Å². The van der Waals surface area contributed by atoms with Gasteiger partial charge in [-0.1, -0.05) is 6.07 Å². The number of benzene rings is 1. The minimum Gasteiger partial charge on any atom is -0.508 e. The highest BCUT2D eigenvalue weighted by molar-refractivity contribution is 14.0. The Hall–Kier alpha value is -1.90. The van der Waals surface area contributed by atoms with Gasteiger partial charge in [0.05, 0.1) is 13.7 Å². The van der Waals surface area contributed by atoms with E-state index >= 15 is 0 Å². The average Bonchev–Trinajstić information content (AvgIpc) is 2.97. The van der Waals surface area contributed by atoms with Crippen LogP contribution in [0.5, 0.6) is 11.5 Å². The van der Waals surface area contributed by atoms with Crippen LogP contribution in [0.3, 0.4) is 0 Å². The Balaban J connectivity index is 0.00000312. The van der Waals surface area contributed by atoms with Gasteiger partial charge in [-0.25, -0.2) is 0 Å². The van der Waals surface area contributed by atoms with Gasteiger partial charge in [0.15, 0.2) is 5.96 Å².